The molecule has 3 N–H and O–H groups in total. The number of aliphatic carboxylic acids is 1. The van der Waals surface area contributed by atoms with Gasteiger partial charge in [0.05, 0.1) is 6.54 Å². The Morgan fingerprint density at radius 2 is 1.88 bits per heavy atom. The summed E-state index contributed by atoms with van der Waals surface area (Å²) in [6.07, 6.45) is 1.18. The Morgan fingerprint density at radius 3 is 2.35 bits per heavy atom. The minimum absolute atomic E-state index is 0.0521. The van der Waals surface area contributed by atoms with Gasteiger partial charge in [-0.05, 0) is 6.42 Å². The van der Waals surface area contributed by atoms with Crippen molar-refractivity contribution in [1.29, 1.82) is 0 Å². The van der Waals surface area contributed by atoms with Gasteiger partial charge in [0.15, 0.2) is 0 Å². The van der Waals surface area contributed by atoms with Crippen LogP contribution < -0.4 is 5.73 Å². The Bertz CT molecular complexity index is 275. The van der Waals surface area contributed by atoms with E-state index in [0.29, 0.717) is 32.6 Å². The number of carboxylic acid groups (broad SMARTS) is 1. The summed E-state index contributed by atoms with van der Waals surface area (Å²) in [4.78, 5) is 25.9. The van der Waals surface area contributed by atoms with Crippen LogP contribution >= 0.6 is 0 Å². The van der Waals surface area contributed by atoms with Crippen molar-refractivity contribution in [3.8, 4) is 0 Å². The highest BCUT2D eigenvalue weighted by Gasteiger charge is 2.22. The molecule has 0 aromatic carbocycles. The van der Waals surface area contributed by atoms with Crippen LogP contribution in [0.4, 0.5) is 0 Å². The van der Waals surface area contributed by atoms with Gasteiger partial charge in [0.25, 0.3) is 0 Å². The second-order valence-electron chi connectivity index (χ2n) is 4.42. The quantitative estimate of drug-likeness (QED) is 0.669. The van der Waals surface area contributed by atoms with E-state index in [-0.39, 0.29) is 18.5 Å². The molecule has 1 heterocycles. The smallest absolute Gasteiger partial charge is 0.317 e. The van der Waals surface area contributed by atoms with Crippen molar-refractivity contribution in [2.45, 2.75) is 25.8 Å². The summed E-state index contributed by atoms with van der Waals surface area (Å²) in [5, 5.41) is 8.65. The minimum Gasteiger partial charge on any atom is -0.480 e. The van der Waals surface area contributed by atoms with E-state index in [1.807, 2.05) is 11.8 Å². The zero-order valence-corrected chi connectivity index (χ0v) is 10.3. The van der Waals surface area contributed by atoms with Gasteiger partial charge in [0.2, 0.25) is 5.91 Å². The van der Waals surface area contributed by atoms with E-state index in [1.54, 1.807) is 4.90 Å². The molecule has 6 nitrogen and oxygen atoms in total. The first-order chi connectivity index (χ1) is 8.02. The Kier molecular flexibility index (Phi) is 5.37. The van der Waals surface area contributed by atoms with Gasteiger partial charge in [0, 0.05) is 38.6 Å². The maximum Gasteiger partial charge on any atom is 0.317 e. The number of amides is 1. The van der Waals surface area contributed by atoms with Crippen LogP contribution in [0.3, 0.4) is 0 Å². The molecule has 1 saturated heterocycles. The van der Waals surface area contributed by atoms with Crippen LogP contribution in [0, 0.1) is 0 Å². The van der Waals surface area contributed by atoms with E-state index < -0.39 is 5.97 Å². The number of piperazine rings is 1. The molecule has 1 atom stereocenters. The molecule has 0 radical (unpaired) electrons. The standard InChI is InChI=1S/C11H21N3O3/c1-2-9(12)7-10(15)14-5-3-13(4-6-14)8-11(16)17/h9H,2-8,12H2,1H3,(H,16,17). The van der Waals surface area contributed by atoms with Gasteiger partial charge in [-0.3, -0.25) is 14.5 Å². The van der Waals surface area contributed by atoms with E-state index in [2.05, 4.69) is 0 Å². The van der Waals surface area contributed by atoms with Gasteiger partial charge < -0.3 is 15.7 Å². The lowest BCUT2D eigenvalue weighted by Gasteiger charge is -2.34. The number of carboxylic acids is 1. The molecule has 0 aliphatic carbocycles. The first kappa shape index (κ1) is 13.9. The number of nitrogens with zero attached hydrogens (tertiary/aromatic N) is 2. The molecular weight excluding hydrogens is 222 g/mol. The highest BCUT2D eigenvalue weighted by molar-refractivity contribution is 5.77. The normalized spacial score (nSPS) is 19.1. The number of hydrogen-bond donors (Lipinski definition) is 2. The van der Waals surface area contributed by atoms with Gasteiger partial charge in [0.1, 0.15) is 0 Å². The largest absolute Gasteiger partial charge is 0.480 e. The van der Waals surface area contributed by atoms with Crippen LogP contribution in [0.5, 0.6) is 0 Å². The van der Waals surface area contributed by atoms with E-state index in [0.717, 1.165) is 6.42 Å². The molecule has 98 valence electrons. The zero-order chi connectivity index (χ0) is 12.8. The predicted molar refractivity (Wildman–Crippen MR) is 63.5 cm³/mol. The average Bonchev–Trinajstić information content (AvgIpc) is 2.28. The maximum absolute atomic E-state index is 11.8. The topological polar surface area (TPSA) is 86.9 Å². The molecule has 17 heavy (non-hydrogen) atoms. The summed E-state index contributed by atoms with van der Waals surface area (Å²) in [6, 6.07) is -0.0699. The van der Waals surface area contributed by atoms with Crippen LogP contribution in [-0.2, 0) is 9.59 Å². The number of carbonyl (C=O) groups is 2. The number of nitrogens with two attached hydrogens (primary N) is 1. The van der Waals surface area contributed by atoms with Crippen molar-refractivity contribution in [3.05, 3.63) is 0 Å². The Balaban J connectivity index is 2.31. The van der Waals surface area contributed by atoms with Gasteiger partial charge in [-0.25, -0.2) is 0 Å². The molecule has 1 aliphatic rings. The number of rotatable bonds is 5. The summed E-state index contributed by atoms with van der Waals surface area (Å²) in [5.41, 5.74) is 5.74. The van der Waals surface area contributed by atoms with E-state index in [4.69, 9.17) is 10.8 Å². The molecule has 1 aliphatic heterocycles. The van der Waals surface area contributed by atoms with Crippen molar-refractivity contribution >= 4 is 11.9 Å². The molecule has 1 amide bonds. The molecule has 0 bridgehead atoms. The summed E-state index contributed by atoms with van der Waals surface area (Å²) < 4.78 is 0. The first-order valence-corrected chi connectivity index (χ1v) is 6.00. The summed E-state index contributed by atoms with van der Waals surface area (Å²) >= 11 is 0. The number of carbonyl (C=O) groups excluding carboxylic acids is 1. The highest BCUT2D eigenvalue weighted by atomic mass is 16.4. The van der Waals surface area contributed by atoms with Crippen LogP contribution in [0.15, 0.2) is 0 Å². The molecule has 1 unspecified atom stereocenters. The lowest BCUT2D eigenvalue weighted by Crippen LogP contribution is -2.50. The fourth-order valence-electron chi connectivity index (χ4n) is 1.84. The third-order valence-electron chi connectivity index (χ3n) is 3.05. The molecule has 0 spiro atoms. The van der Waals surface area contributed by atoms with Gasteiger partial charge in [-0.15, -0.1) is 0 Å². The lowest BCUT2D eigenvalue weighted by molar-refractivity contribution is -0.139. The zero-order valence-electron chi connectivity index (χ0n) is 10.3. The minimum atomic E-state index is -0.821. The van der Waals surface area contributed by atoms with Crippen molar-refractivity contribution < 1.29 is 14.7 Å². The lowest BCUT2D eigenvalue weighted by atomic mass is 10.1. The molecule has 0 aromatic heterocycles. The molecule has 1 rings (SSSR count). The van der Waals surface area contributed by atoms with Crippen molar-refractivity contribution in [3.63, 3.8) is 0 Å². The molecule has 1 fully saturated rings. The monoisotopic (exact) mass is 243 g/mol. The molecule has 0 saturated carbocycles. The maximum atomic E-state index is 11.8. The van der Waals surface area contributed by atoms with Crippen molar-refractivity contribution in [1.82, 2.24) is 9.80 Å². The highest BCUT2D eigenvalue weighted by Crippen LogP contribution is 2.05. The van der Waals surface area contributed by atoms with Crippen LogP contribution in [0.25, 0.3) is 0 Å². The van der Waals surface area contributed by atoms with Gasteiger partial charge >= 0.3 is 5.97 Å². The van der Waals surface area contributed by atoms with Crippen LogP contribution in [0.1, 0.15) is 19.8 Å². The van der Waals surface area contributed by atoms with E-state index >= 15 is 0 Å². The first-order valence-electron chi connectivity index (χ1n) is 6.00. The Morgan fingerprint density at radius 1 is 1.29 bits per heavy atom. The predicted octanol–water partition coefficient (Wildman–Crippen LogP) is -0.657. The molecule has 0 aromatic rings. The van der Waals surface area contributed by atoms with E-state index in [1.165, 1.54) is 0 Å². The van der Waals surface area contributed by atoms with Gasteiger partial charge in [-0.2, -0.15) is 0 Å². The van der Waals surface area contributed by atoms with E-state index in [9.17, 15) is 9.59 Å². The number of hydrogen-bond acceptors (Lipinski definition) is 4. The third kappa shape index (κ3) is 4.70. The fraction of sp³-hybridized carbons (Fsp3) is 0.818. The van der Waals surface area contributed by atoms with Gasteiger partial charge in [-0.1, -0.05) is 6.92 Å². The second kappa shape index (κ2) is 6.56. The molecule has 6 heteroatoms. The van der Waals surface area contributed by atoms with Crippen LogP contribution in [0.2, 0.25) is 0 Å². The molecular formula is C11H21N3O3. The second-order valence-corrected chi connectivity index (χ2v) is 4.42. The third-order valence-corrected chi connectivity index (χ3v) is 3.05. The Labute approximate surface area is 101 Å². The van der Waals surface area contributed by atoms with Crippen LogP contribution in [-0.4, -0.2) is 65.5 Å². The fourth-order valence-corrected chi connectivity index (χ4v) is 1.84. The average molecular weight is 243 g/mol. The SMILES string of the molecule is CCC(N)CC(=O)N1CCN(CC(=O)O)CC1. The summed E-state index contributed by atoms with van der Waals surface area (Å²) in [5.74, 6) is -0.743. The summed E-state index contributed by atoms with van der Waals surface area (Å²) in [7, 11) is 0. The van der Waals surface area contributed by atoms with Crippen molar-refractivity contribution in [2.24, 2.45) is 5.73 Å². The Hall–Kier alpha value is -1.14. The summed E-state index contributed by atoms with van der Waals surface area (Å²) in [6.45, 7) is 4.46. The van der Waals surface area contributed by atoms with Crippen molar-refractivity contribution in [2.75, 3.05) is 32.7 Å².